The van der Waals surface area contributed by atoms with Gasteiger partial charge in [0.1, 0.15) is 36.3 Å². The summed E-state index contributed by atoms with van der Waals surface area (Å²) in [6.07, 6.45) is 1.49. The van der Waals surface area contributed by atoms with E-state index in [1.807, 2.05) is 24.3 Å². The number of hydrogen-bond acceptors (Lipinski definition) is 5. The van der Waals surface area contributed by atoms with Crippen molar-refractivity contribution in [2.24, 2.45) is 0 Å². The smallest absolute Gasteiger partial charge is 0.253 e. The Hall–Kier alpha value is -2.39. The van der Waals surface area contributed by atoms with Crippen molar-refractivity contribution in [1.29, 1.82) is 0 Å². The van der Waals surface area contributed by atoms with Gasteiger partial charge in [0.2, 0.25) is 0 Å². The Labute approximate surface area is 169 Å². The number of nitrogens with zero attached hydrogens (tertiary/aromatic N) is 2. The summed E-state index contributed by atoms with van der Waals surface area (Å²) in [6, 6.07) is 14.4. The number of rotatable bonds is 4. The van der Waals surface area contributed by atoms with E-state index in [1.54, 1.807) is 35.4 Å². The Morgan fingerprint density at radius 1 is 1.22 bits per heavy atom. The number of anilines is 1. The molecule has 1 aromatic heterocycles. The van der Waals surface area contributed by atoms with Crippen LogP contribution in [0.2, 0.25) is 0 Å². The number of amides is 1. The molecule has 1 aliphatic rings. The minimum absolute atomic E-state index is 0.000584. The Bertz CT molecular complexity index is 977. The molecule has 0 bridgehead atoms. The van der Waals surface area contributed by atoms with Gasteiger partial charge in [0, 0.05) is 20.8 Å². The molecule has 3 aromatic rings. The van der Waals surface area contributed by atoms with Crippen LogP contribution in [0.1, 0.15) is 0 Å². The molecule has 4 rings (SSSR count). The molecule has 6 nitrogen and oxygen atoms in total. The second kappa shape index (κ2) is 7.69. The van der Waals surface area contributed by atoms with Gasteiger partial charge < -0.3 is 19.5 Å². The fourth-order valence-electron chi connectivity index (χ4n) is 3.02. The fraction of sp³-hybridized carbons (Fsp3) is 0.200. The lowest BCUT2D eigenvalue weighted by Crippen LogP contribution is -2.48. The number of ether oxygens (including phenoxy) is 2. The molecule has 1 atom stereocenters. The van der Waals surface area contributed by atoms with Crippen LogP contribution < -0.4 is 9.64 Å². The first kappa shape index (κ1) is 18.0. The van der Waals surface area contributed by atoms with E-state index in [0.29, 0.717) is 18.9 Å². The van der Waals surface area contributed by atoms with Crippen molar-refractivity contribution in [3.8, 4) is 11.5 Å². The van der Waals surface area contributed by atoms with Gasteiger partial charge in [0.05, 0.1) is 6.54 Å². The third-order valence-electron chi connectivity index (χ3n) is 4.40. The third kappa shape index (κ3) is 3.84. The summed E-state index contributed by atoms with van der Waals surface area (Å²) in [5, 5.41) is 10.5. The molecule has 1 fully saturated rings. The highest BCUT2D eigenvalue weighted by Gasteiger charge is 2.28. The number of hydrogen-bond donors (Lipinski definition) is 1. The van der Waals surface area contributed by atoms with E-state index in [9.17, 15) is 9.90 Å². The van der Waals surface area contributed by atoms with E-state index in [1.165, 1.54) is 0 Å². The van der Waals surface area contributed by atoms with Gasteiger partial charge in [-0.3, -0.25) is 9.78 Å². The second-order valence-electron chi connectivity index (χ2n) is 6.21. The summed E-state index contributed by atoms with van der Waals surface area (Å²) in [4.78, 5) is 18.3. The first-order chi connectivity index (χ1) is 13.1. The predicted octanol–water partition coefficient (Wildman–Crippen LogP) is 3.36. The van der Waals surface area contributed by atoms with Crippen LogP contribution in [0, 0.1) is 3.57 Å². The highest BCUT2D eigenvalue weighted by Crippen LogP contribution is 2.28. The van der Waals surface area contributed by atoms with Gasteiger partial charge in [-0.25, -0.2) is 0 Å². The number of phenols is 1. The van der Waals surface area contributed by atoms with Gasteiger partial charge in [-0.2, -0.15) is 0 Å². The van der Waals surface area contributed by atoms with Crippen LogP contribution in [0.4, 0.5) is 5.69 Å². The number of phenolic OH excluding ortho intramolecular Hbond substituents is 1. The van der Waals surface area contributed by atoms with Crippen LogP contribution in [-0.4, -0.2) is 41.9 Å². The quantitative estimate of drug-likeness (QED) is 0.585. The maximum atomic E-state index is 12.2. The van der Waals surface area contributed by atoms with Crippen LogP contribution >= 0.6 is 22.6 Å². The molecule has 0 radical (unpaired) electrons. The first-order valence-electron chi connectivity index (χ1n) is 8.49. The number of pyridine rings is 1. The lowest BCUT2D eigenvalue weighted by molar-refractivity contribution is -0.130. The molecule has 27 heavy (non-hydrogen) atoms. The van der Waals surface area contributed by atoms with Gasteiger partial charge in [0.15, 0.2) is 0 Å². The minimum Gasteiger partial charge on any atom is -0.508 e. The number of fused-ring (bicyclic) bond motifs is 1. The molecule has 0 aliphatic carbocycles. The Kier molecular flexibility index (Phi) is 5.13. The van der Waals surface area contributed by atoms with Crippen LogP contribution in [0.25, 0.3) is 10.9 Å². The Morgan fingerprint density at radius 3 is 2.85 bits per heavy atom. The predicted molar refractivity (Wildman–Crippen MR) is 110 cm³/mol. The summed E-state index contributed by atoms with van der Waals surface area (Å²) in [6.45, 7) is 0.702. The number of aromatic nitrogens is 1. The summed E-state index contributed by atoms with van der Waals surface area (Å²) < 4.78 is 12.7. The lowest BCUT2D eigenvalue weighted by atomic mass is 10.2. The summed E-state index contributed by atoms with van der Waals surface area (Å²) in [5.74, 6) is 0.749. The standard InChI is InChI=1S/C20H17IN2O4/c21-17-7-8-18(20-16(17)2-1-9-22-20)27-11-15-10-23(19(25)12-26-15)13-3-5-14(24)6-4-13/h1-9,15,24H,10-12H2. The van der Waals surface area contributed by atoms with Gasteiger partial charge in [0.25, 0.3) is 5.91 Å². The summed E-state index contributed by atoms with van der Waals surface area (Å²) >= 11 is 2.28. The maximum Gasteiger partial charge on any atom is 0.253 e. The van der Waals surface area contributed by atoms with Gasteiger partial charge in [-0.15, -0.1) is 0 Å². The van der Waals surface area contributed by atoms with Gasteiger partial charge in [-0.05, 0) is 65.1 Å². The van der Waals surface area contributed by atoms with Gasteiger partial charge in [-0.1, -0.05) is 6.07 Å². The molecule has 0 spiro atoms. The molecular weight excluding hydrogens is 459 g/mol. The monoisotopic (exact) mass is 476 g/mol. The molecule has 2 aromatic carbocycles. The van der Waals surface area contributed by atoms with Crippen LogP contribution in [0.15, 0.2) is 54.7 Å². The second-order valence-corrected chi connectivity index (χ2v) is 7.37. The molecule has 0 saturated carbocycles. The normalized spacial score (nSPS) is 17.3. The maximum absolute atomic E-state index is 12.2. The average molecular weight is 476 g/mol. The third-order valence-corrected chi connectivity index (χ3v) is 5.34. The van der Waals surface area contributed by atoms with Crippen molar-refractivity contribution in [1.82, 2.24) is 4.98 Å². The molecule has 138 valence electrons. The molecular formula is C20H17IN2O4. The van der Waals surface area contributed by atoms with Crippen LogP contribution in [0.3, 0.4) is 0 Å². The molecule has 1 unspecified atom stereocenters. The van der Waals surface area contributed by atoms with Crippen molar-refractivity contribution < 1.29 is 19.4 Å². The highest BCUT2D eigenvalue weighted by molar-refractivity contribution is 14.1. The van der Waals surface area contributed by atoms with Gasteiger partial charge >= 0.3 is 0 Å². The Morgan fingerprint density at radius 2 is 2.04 bits per heavy atom. The lowest BCUT2D eigenvalue weighted by Gasteiger charge is -2.32. The minimum atomic E-state index is -0.255. The molecule has 7 heteroatoms. The number of halogens is 1. The van der Waals surface area contributed by atoms with Crippen LogP contribution in [-0.2, 0) is 9.53 Å². The zero-order valence-electron chi connectivity index (χ0n) is 14.3. The first-order valence-corrected chi connectivity index (χ1v) is 9.57. The van der Waals surface area contributed by atoms with E-state index in [4.69, 9.17) is 9.47 Å². The molecule has 2 heterocycles. The fourth-order valence-corrected chi connectivity index (χ4v) is 3.63. The van der Waals surface area contributed by atoms with E-state index in [-0.39, 0.29) is 24.4 Å². The molecule has 1 amide bonds. The Balaban J connectivity index is 1.48. The average Bonchev–Trinajstić information content (AvgIpc) is 2.69. The number of benzene rings is 2. The van der Waals surface area contributed by atoms with Crippen LogP contribution in [0.5, 0.6) is 11.5 Å². The van der Waals surface area contributed by atoms with Crippen molar-refractivity contribution in [3.63, 3.8) is 0 Å². The van der Waals surface area contributed by atoms with Crippen molar-refractivity contribution >= 4 is 45.1 Å². The number of aromatic hydroxyl groups is 1. The van der Waals surface area contributed by atoms with E-state index in [0.717, 1.165) is 20.2 Å². The van der Waals surface area contributed by atoms with Crippen molar-refractivity contribution in [2.45, 2.75) is 6.10 Å². The molecule has 1 N–H and O–H groups in total. The topological polar surface area (TPSA) is 71.9 Å². The number of morpholine rings is 1. The molecule has 1 aliphatic heterocycles. The van der Waals surface area contributed by atoms with E-state index < -0.39 is 0 Å². The SMILES string of the molecule is O=C1COC(COc2ccc(I)c3cccnc23)CN1c1ccc(O)cc1. The van der Waals surface area contributed by atoms with Crippen molar-refractivity contribution in [2.75, 3.05) is 24.7 Å². The highest BCUT2D eigenvalue weighted by atomic mass is 127. The number of carbonyl (C=O) groups excluding carboxylic acids is 1. The van der Waals surface area contributed by atoms with E-state index >= 15 is 0 Å². The zero-order valence-corrected chi connectivity index (χ0v) is 16.5. The summed E-state index contributed by atoms with van der Waals surface area (Å²) in [5.41, 5.74) is 1.54. The summed E-state index contributed by atoms with van der Waals surface area (Å²) in [7, 11) is 0. The van der Waals surface area contributed by atoms with Crippen molar-refractivity contribution in [3.05, 3.63) is 58.3 Å². The number of carbonyl (C=O) groups is 1. The zero-order chi connectivity index (χ0) is 18.8. The molecule has 1 saturated heterocycles. The van der Waals surface area contributed by atoms with E-state index in [2.05, 4.69) is 27.6 Å². The largest absolute Gasteiger partial charge is 0.508 e.